The zero-order valence-corrected chi connectivity index (χ0v) is 8.31. The average Bonchev–Trinajstić information content (AvgIpc) is 2.06. The van der Waals surface area contributed by atoms with E-state index in [-0.39, 0.29) is 5.91 Å². The van der Waals surface area contributed by atoms with E-state index in [4.69, 9.17) is 0 Å². The zero-order chi connectivity index (χ0) is 9.40. The van der Waals surface area contributed by atoms with E-state index in [0.717, 1.165) is 25.9 Å². The Labute approximate surface area is 75.9 Å². The second-order valence-corrected chi connectivity index (χ2v) is 2.93. The molecule has 1 amide bonds. The monoisotopic (exact) mass is 170 g/mol. The molecule has 0 rings (SSSR count). The summed E-state index contributed by atoms with van der Waals surface area (Å²) in [6, 6.07) is 0. The van der Waals surface area contributed by atoms with Gasteiger partial charge in [-0.2, -0.15) is 0 Å². The van der Waals surface area contributed by atoms with E-state index in [1.807, 2.05) is 11.8 Å². The van der Waals surface area contributed by atoms with Crippen LogP contribution in [-0.4, -0.2) is 23.9 Å². The van der Waals surface area contributed by atoms with E-state index in [1.165, 1.54) is 0 Å². The highest BCUT2D eigenvalue weighted by Crippen LogP contribution is 1.99. The van der Waals surface area contributed by atoms with E-state index < -0.39 is 0 Å². The number of hydrogen-bond donors (Lipinski definition) is 0. The van der Waals surface area contributed by atoms with Crippen LogP contribution in [-0.2, 0) is 4.79 Å². The average molecular weight is 170 g/mol. The Morgan fingerprint density at radius 3 is 2.50 bits per heavy atom. The first-order valence-corrected chi connectivity index (χ1v) is 4.83. The van der Waals surface area contributed by atoms with Gasteiger partial charge in [-0.25, -0.2) is 0 Å². The van der Waals surface area contributed by atoms with E-state index in [9.17, 15) is 4.79 Å². The van der Waals surface area contributed by atoms with Crippen molar-refractivity contribution in [2.24, 2.45) is 0 Å². The maximum absolute atomic E-state index is 11.4. The first-order valence-electron chi connectivity index (χ1n) is 4.83. The molecule has 0 aromatic carbocycles. The van der Waals surface area contributed by atoms with Crippen molar-refractivity contribution in [3.63, 3.8) is 0 Å². The summed E-state index contributed by atoms with van der Waals surface area (Å²) in [5.74, 6) is 0.251. The Hall–Kier alpha value is -0.530. The molecule has 0 fully saturated rings. The van der Waals surface area contributed by atoms with Crippen LogP contribution in [0.2, 0.25) is 0 Å². The third-order valence-electron chi connectivity index (χ3n) is 1.91. The molecule has 1 radical (unpaired) electrons. The summed E-state index contributed by atoms with van der Waals surface area (Å²) in [5, 5.41) is 0. The van der Waals surface area contributed by atoms with Crippen molar-refractivity contribution in [3.8, 4) is 0 Å². The smallest absolute Gasteiger partial charge is 0.222 e. The van der Waals surface area contributed by atoms with Gasteiger partial charge in [-0.3, -0.25) is 4.79 Å². The highest BCUT2D eigenvalue weighted by molar-refractivity contribution is 5.76. The largest absolute Gasteiger partial charge is 0.343 e. The van der Waals surface area contributed by atoms with Gasteiger partial charge in [-0.05, 0) is 19.8 Å². The van der Waals surface area contributed by atoms with Crippen LogP contribution in [0.3, 0.4) is 0 Å². The van der Waals surface area contributed by atoms with Crippen molar-refractivity contribution in [2.45, 2.75) is 39.5 Å². The van der Waals surface area contributed by atoms with E-state index in [1.54, 1.807) is 0 Å². The van der Waals surface area contributed by atoms with Crippen molar-refractivity contribution in [1.29, 1.82) is 0 Å². The lowest BCUT2D eigenvalue weighted by molar-refractivity contribution is -0.131. The second kappa shape index (κ2) is 7.14. The summed E-state index contributed by atoms with van der Waals surface area (Å²) in [5.41, 5.74) is 0. The van der Waals surface area contributed by atoms with Crippen LogP contribution in [0, 0.1) is 6.92 Å². The molecule has 0 unspecified atom stereocenters. The molecule has 0 spiro atoms. The van der Waals surface area contributed by atoms with Crippen molar-refractivity contribution in [3.05, 3.63) is 6.92 Å². The Morgan fingerprint density at radius 1 is 1.42 bits per heavy atom. The van der Waals surface area contributed by atoms with Gasteiger partial charge in [0.05, 0.1) is 0 Å². The van der Waals surface area contributed by atoms with Crippen LogP contribution in [0.4, 0.5) is 0 Å². The molecule has 0 aromatic rings. The standard InChI is InChI=1S/C10H20NO/c1-4-7-9-11(6-3)10(12)8-5-2/h2,4-9H2,1,3H3. The molecule has 0 atom stereocenters. The number of nitrogens with zero attached hydrogens (tertiary/aromatic N) is 1. The minimum absolute atomic E-state index is 0.251. The molecule has 2 heteroatoms. The van der Waals surface area contributed by atoms with Crippen molar-refractivity contribution in [2.75, 3.05) is 13.1 Å². The minimum Gasteiger partial charge on any atom is -0.343 e. The summed E-state index contributed by atoms with van der Waals surface area (Å²) in [7, 11) is 0. The molecule has 0 heterocycles. The SMILES string of the molecule is [CH2]CCC(=O)N(CC)CCCC. The maximum atomic E-state index is 11.4. The van der Waals surface area contributed by atoms with Crippen LogP contribution in [0.15, 0.2) is 0 Å². The van der Waals surface area contributed by atoms with Crippen molar-refractivity contribution < 1.29 is 4.79 Å². The second-order valence-electron chi connectivity index (χ2n) is 2.93. The van der Waals surface area contributed by atoms with Gasteiger partial charge in [0, 0.05) is 19.5 Å². The third-order valence-corrected chi connectivity index (χ3v) is 1.91. The molecule has 12 heavy (non-hydrogen) atoms. The molecule has 0 aliphatic rings. The number of carbonyl (C=O) groups excluding carboxylic acids is 1. The van der Waals surface area contributed by atoms with E-state index in [2.05, 4.69) is 13.8 Å². The number of unbranched alkanes of at least 4 members (excludes halogenated alkanes) is 1. The Kier molecular flexibility index (Phi) is 6.82. The minimum atomic E-state index is 0.251. The summed E-state index contributed by atoms with van der Waals surface area (Å²) in [6.07, 6.45) is 3.56. The van der Waals surface area contributed by atoms with Crippen LogP contribution in [0.25, 0.3) is 0 Å². The van der Waals surface area contributed by atoms with Crippen molar-refractivity contribution >= 4 is 5.91 Å². The topological polar surface area (TPSA) is 20.3 Å². The van der Waals surface area contributed by atoms with Crippen LogP contribution >= 0.6 is 0 Å². The van der Waals surface area contributed by atoms with Gasteiger partial charge < -0.3 is 4.90 Å². The summed E-state index contributed by atoms with van der Waals surface area (Å²) in [4.78, 5) is 13.3. The quantitative estimate of drug-likeness (QED) is 0.598. The molecular weight excluding hydrogens is 150 g/mol. The van der Waals surface area contributed by atoms with Crippen molar-refractivity contribution in [1.82, 2.24) is 4.90 Å². The summed E-state index contributed by atoms with van der Waals surface area (Å²) in [6.45, 7) is 9.58. The van der Waals surface area contributed by atoms with Gasteiger partial charge in [0.15, 0.2) is 0 Å². The molecule has 0 aliphatic heterocycles. The predicted octanol–water partition coefficient (Wildman–Crippen LogP) is 2.25. The fraction of sp³-hybridized carbons (Fsp3) is 0.800. The molecule has 0 N–H and O–H groups in total. The molecular formula is C10H20NO. The van der Waals surface area contributed by atoms with Gasteiger partial charge in [0.25, 0.3) is 0 Å². The van der Waals surface area contributed by atoms with Gasteiger partial charge in [0.1, 0.15) is 0 Å². The Balaban J connectivity index is 3.71. The Morgan fingerprint density at radius 2 is 2.08 bits per heavy atom. The number of hydrogen-bond acceptors (Lipinski definition) is 1. The van der Waals surface area contributed by atoms with Gasteiger partial charge in [-0.1, -0.05) is 20.3 Å². The first kappa shape index (κ1) is 11.5. The maximum Gasteiger partial charge on any atom is 0.222 e. The Bertz CT molecular complexity index is 123. The van der Waals surface area contributed by atoms with Gasteiger partial charge >= 0.3 is 0 Å². The highest BCUT2D eigenvalue weighted by Gasteiger charge is 2.08. The number of amides is 1. The molecule has 71 valence electrons. The van der Waals surface area contributed by atoms with E-state index >= 15 is 0 Å². The molecule has 2 nitrogen and oxygen atoms in total. The van der Waals surface area contributed by atoms with Crippen LogP contribution < -0.4 is 0 Å². The lowest BCUT2D eigenvalue weighted by Crippen LogP contribution is -2.31. The first-order chi connectivity index (χ1) is 5.76. The number of carbonyl (C=O) groups is 1. The normalized spacial score (nSPS) is 9.92. The molecule has 0 saturated carbocycles. The third kappa shape index (κ3) is 4.37. The van der Waals surface area contributed by atoms with Crippen LogP contribution in [0.5, 0.6) is 0 Å². The zero-order valence-electron chi connectivity index (χ0n) is 8.31. The predicted molar refractivity (Wildman–Crippen MR) is 51.8 cm³/mol. The molecule has 0 aliphatic carbocycles. The fourth-order valence-corrected chi connectivity index (χ4v) is 1.12. The lowest BCUT2D eigenvalue weighted by atomic mass is 10.2. The molecule has 0 saturated heterocycles. The highest BCUT2D eigenvalue weighted by atomic mass is 16.2. The molecule has 0 aromatic heterocycles. The fourth-order valence-electron chi connectivity index (χ4n) is 1.12. The van der Waals surface area contributed by atoms with Crippen LogP contribution in [0.1, 0.15) is 39.5 Å². The van der Waals surface area contributed by atoms with E-state index in [0.29, 0.717) is 12.8 Å². The van der Waals surface area contributed by atoms with Gasteiger partial charge in [-0.15, -0.1) is 0 Å². The summed E-state index contributed by atoms with van der Waals surface area (Å²) >= 11 is 0. The molecule has 0 bridgehead atoms. The number of rotatable bonds is 6. The summed E-state index contributed by atoms with van der Waals surface area (Å²) < 4.78 is 0. The lowest BCUT2D eigenvalue weighted by Gasteiger charge is -2.20. The van der Waals surface area contributed by atoms with Gasteiger partial charge in [0.2, 0.25) is 5.91 Å².